The SMILES string of the molecule is CS(=O)Cc1cccc(C(=O)NCC2(N3CCOCC3)CCCCC2)c1. The molecule has 1 unspecified atom stereocenters. The van der Waals surface area contributed by atoms with Crippen molar-refractivity contribution in [1.29, 1.82) is 0 Å². The van der Waals surface area contributed by atoms with E-state index in [1.165, 1.54) is 19.3 Å². The monoisotopic (exact) mass is 378 g/mol. The molecule has 5 nitrogen and oxygen atoms in total. The van der Waals surface area contributed by atoms with Crippen molar-refractivity contribution in [2.45, 2.75) is 43.4 Å². The summed E-state index contributed by atoms with van der Waals surface area (Å²) >= 11 is 0. The second-order valence-electron chi connectivity index (χ2n) is 7.49. The molecule has 1 N–H and O–H groups in total. The zero-order valence-corrected chi connectivity index (χ0v) is 16.5. The van der Waals surface area contributed by atoms with Crippen LogP contribution in [0.3, 0.4) is 0 Å². The first kappa shape index (κ1) is 19.5. The minimum absolute atomic E-state index is 0.0352. The van der Waals surface area contributed by atoms with E-state index in [0.29, 0.717) is 17.9 Å². The van der Waals surface area contributed by atoms with Crippen LogP contribution in [0.25, 0.3) is 0 Å². The van der Waals surface area contributed by atoms with E-state index in [4.69, 9.17) is 4.74 Å². The molecule has 0 radical (unpaired) electrons. The molecule has 0 aromatic heterocycles. The molecule has 1 aliphatic heterocycles. The lowest BCUT2D eigenvalue weighted by molar-refractivity contribution is -0.0361. The molecule has 1 amide bonds. The predicted molar refractivity (Wildman–Crippen MR) is 105 cm³/mol. The highest BCUT2D eigenvalue weighted by molar-refractivity contribution is 7.83. The molecule has 1 aromatic rings. The van der Waals surface area contributed by atoms with Gasteiger partial charge in [-0.15, -0.1) is 0 Å². The third-order valence-electron chi connectivity index (χ3n) is 5.60. The van der Waals surface area contributed by atoms with Gasteiger partial charge >= 0.3 is 0 Å². The minimum Gasteiger partial charge on any atom is -0.379 e. The summed E-state index contributed by atoms with van der Waals surface area (Å²) in [6.07, 6.45) is 7.71. The Balaban J connectivity index is 1.66. The first-order valence-corrected chi connectivity index (χ1v) is 11.3. The van der Waals surface area contributed by atoms with Crippen molar-refractivity contribution in [2.24, 2.45) is 0 Å². The molecule has 1 atom stereocenters. The van der Waals surface area contributed by atoms with Crippen molar-refractivity contribution < 1.29 is 13.7 Å². The average molecular weight is 379 g/mol. The van der Waals surface area contributed by atoms with E-state index in [9.17, 15) is 9.00 Å². The summed E-state index contributed by atoms with van der Waals surface area (Å²) in [5.41, 5.74) is 1.67. The second kappa shape index (κ2) is 9.11. The van der Waals surface area contributed by atoms with Gasteiger partial charge in [0.15, 0.2) is 0 Å². The summed E-state index contributed by atoms with van der Waals surface area (Å²) in [6.45, 7) is 4.16. The van der Waals surface area contributed by atoms with E-state index in [1.54, 1.807) is 6.26 Å². The van der Waals surface area contributed by atoms with E-state index >= 15 is 0 Å². The van der Waals surface area contributed by atoms with Crippen molar-refractivity contribution in [3.63, 3.8) is 0 Å². The Hall–Kier alpha value is -1.24. The van der Waals surface area contributed by atoms with Crippen LogP contribution in [0, 0.1) is 0 Å². The molecular weight excluding hydrogens is 348 g/mol. The topological polar surface area (TPSA) is 58.6 Å². The highest BCUT2D eigenvalue weighted by Crippen LogP contribution is 2.34. The molecule has 1 aliphatic carbocycles. The fraction of sp³-hybridized carbons (Fsp3) is 0.650. The number of carbonyl (C=O) groups excluding carboxylic acids is 1. The molecule has 2 fully saturated rings. The molecule has 2 aliphatic rings. The normalized spacial score (nSPS) is 21.9. The van der Waals surface area contributed by atoms with Gasteiger partial charge in [0.25, 0.3) is 5.91 Å². The van der Waals surface area contributed by atoms with Gasteiger partial charge in [-0.1, -0.05) is 31.4 Å². The maximum Gasteiger partial charge on any atom is 0.251 e. The van der Waals surface area contributed by atoms with Gasteiger partial charge < -0.3 is 10.1 Å². The third kappa shape index (κ3) is 4.93. The van der Waals surface area contributed by atoms with E-state index in [1.807, 2.05) is 24.3 Å². The van der Waals surface area contributed by atoms with Crippen molar-refractivity contribution in [1.82, 2.24) is 10.2 Å². The molecule has 1 aromatic carbocycles. The average Bonchev–Trinajstić information content (AvgIpc) is 2.67. The Morgan fingerprint density at radius 1 is 1.23 bits per heavy atom. The Kier molecular flexibility index (Phi) is 6.84. The zero-order chi connectivity index (χ0) is 18.4. The standard InChI is InChI=1S/C20H30N2O3S/c1-26(24)15-17-6-5-7-18(14-17)19(23)21-16-20(8-3-2-4-9-20)22-10-12-25-13-11-22/h5-7,14H,2-4,8-13,15-16H2,1H3,(H,21,23). The Labute approximate surface area is 158 Å². The molecule has 0 bridgehead atoms. The van der Waals surface area contributed by atoms with Crippen molar-refractivity contribution >= 4 is 16.7 Å². The van der Waals surface area contributed by atoms with Gasteiger partial charge in [0.2, 0.25) is 0 Å². The molecule has 3 rings (SSSR count). The van der Waals surface area contributed by atoms with Crippen molar-refractivity contribution in [3.8, 4) is 0 Å². The van der Waals surface area contributed by atoms with Crippen molar-refractivity contribution in [3.05, 3.63) is 35.4 Å². The van der Waals surface area contributed by atoms with E-state index in [0.717, 1.165) is 44.7 Å². The minimum atomic E-state index is -0.906. The molecule has 1 saturated heterocycles. The number of hydrogen-bond acceptors (Lipinski definition) is 4. The highest BCUT2D eigenvalue weighted by Gasteiger charge is 2.38. The summed E-state index contributed by atoms with van der Waals surface area (Å²) < 4.78 is 17.0. The van der Waals surface area contributed by atoms with Crippen LogP contribution in [0.2, 0.25) is 0 Å². The lowest BCUT2D eigenvalue weighted by atomic mass is 9.79. The maximum absolute atomic E-state index is 12.7. The third-order valence-corrected chi connectivity index (χ3v) is 6.34. The molecule has 1 saturated carbocycles. The second-order valence-corrected chi connectivity index (χ2v) is 8.92. The summed E-state index contributed by atoms with van der Waals surface area (Å²) in [5, 5.41) is 3.19. The zero-order valence-electron chi connectivity index (χ0n) is 15.7. The fourth-order valence-corrected chi connectivity index (χ4v) is 4.89. The quantitative estimate of drug-likeness (QED) is 0.825. The van der Waals surface area contributed by atoms with Gasteiger partial charge in [0.1, 0.15) is 0 Å². The van der Waals surface area contributed by atoms with Crippen LogP contribution in [0.5, 0.6) is 0 Å². The van der Waals surface area contributed by atoms with Crippen LogP contribution >= 0.6 is 0 Å². The van der Waals surface area contributed by atoms with Crippen LogP contribution < -0.4 is 5.32 Å². The number of hydrogen-bond donors (Lipinski definition) is 1. The van der Waals surface area contributed by atoms with Crippen LogP contribution in [0.1, 0.15) is 48.0 Å². The van der Waals surface area contributed by atoms with Gasteiger partial charge in [-0.2, -0.15) is 0 Å². The molecule has 1 heterocycles. The summed E-state index contributed by atoms with van der Waals surface area (Å²) in [5.74, 6) is 0.450. The Morgan fingerprint density at radius 2 is 1.96 bits per heavy atom. The Morgan fingerprint density at radius 3 is 2.65 bits per heavy atom. The van der Waals surface area contributed by atoms with E-state index in [2.05, 4.69) is 10.2 Å². The van der Waals surface area contributed by atoms with Crippen LogP contribution in [0.4, 0.5) is 0 Å². The van der Waals surface area contributed by atoms with E-state index < -0.39 is 10.8 Å². The first-order chi connectivity index (χ1) is 12.6. The molecular formula is C20H30N2O3S. The van der Waals surface area contributed by atoms with Crippen molar-refractivity contribution in [2.75, 3.05) is 39.1 Å². The van der Waals surface area contributed by atoms with Crippen LogP contribution in [0.15, 0.2) is 24.3 Å². The number of morpholine rings is 1. The smallest absolute Gasteiger partial charge is 0.251 e. The van der Waals surface area contributed by atoms with Crippen LogP contribution in [-0.2, 0) is 21.3 Å². The number of nitrogens with one attached hydrogen (secondary N) is 1. The molecule has 0 spiro atoms. The highest BCUT2D eigenvalue weighted by atomic mass is 32.2. The number of nitrogens with zero attached hydrogens (tertiary/aromatic N) is 1. The number of carbonyl (C=O) groups is 1. The summed E-state index contributed by atoms with van der Waals surface area (Å²) in [7, 11) is -0.906. The van der Waals surface area contributed by atoms with Gasteiger partial charge in [-0.25, -0.2) is 0 Å². The number of ether oxygens (including phenoxy) is 1. The first-order valence-electron chi connectivity index (χ1n) is 9.59. The summed E-state index contributed by atoms with van der Waals surface area (Å²) in [4.78, 5) is 15.3. The van der Waals surface area contributed by atoms with E-state index in [-0.39, 0.29) is 11.4 Å². The van der Waals surface area contributed by atoms with Gasteiger partial charge in [-0.05, 0) is 30.5 Å². The van der Waals surface area contributed by atoms with Gasteiger partial charge in [0, 0.05) is 53.5 Å². The predicted octanol–water partition coefficient (Wildman–Crippen LogP) is 2.33. The van der Waals surface area contributed by atoms with Gasteiger partial charge in [0.05, 0.1) is 13.2 Å². The maximum atomic E-state index is 12.7. The van der Waals surface area contributed by atoms with Gasteiger partial charge in [-0.3, -0.25) is 13.9 Å². The lowest BCUT2D eigenvalue weighted by Crippen LogP contribution is -2.59. The fourth-order valence-electron chi connectivity index (χ4n) is 4.24. The number of amides is 1. The largest absolute Gasteiger partial charge is 0.379 e. The number of benzene rings is 1. The summed E-state index contributed by atoms with van der Waals surface area (Å²) in [6, 6.07) is 7.49. The molecule has 6 heteroatoms. The van der Waals surface area contributed by atoms with Crippen LogP contribution in [-0.4, -0.2) is 59.7 Å². The lowest BCUT2D eigenvalue weighted by Gasteiger charge is -2.48. The molecule has 26 heavy (non-hydrogen) atoms. The molecule has 144 valence electrons. The Bertz CT molecular complexity index is 638. The number of rotatable bonds is 6.